The van der Waals surface area contributed by atoms with Gasteiger partial charge in [-0.25, -0.2) is 4.39 Å². The van der Waals surface area contributed by atoms with Crippen LogP contribution in [0, 0.1) is 11.7 Å². The maximum absolute atomic E-state index is 13.0. The minimum absolute atomic E-state index is 0.202. The van der Waals surface area contributed by atoms with Crippen LogP contribution in [0.15, 0.2) is 28.8 Å². The first-order chi connectivity index (χ1) is 11.7. The third-order valence-electron chi connectivity index (χ3n) is 4.63. The third kappa shape index (κ3) is 4.19. The topological polar surface area (TPSA) is 62.4 Å². The van der Waals surface area contributed by atoms with Crippen molar-refractivity contribution in [3.8, 4) is 0 Å². The lowest BCUT2D eigenvalue weighted by molar-refractivity contribution is 0.0558. The molecule has 24 heavy (non-hydrogen) atoms. The first-order valence-electron chi connectivity index (χ1n) is 8.63. The Labute approximate surface area is 141 Å². The van der Waals surface area contributed by atoms with Gasteiger partial charge in [-0.05, 0) is 56.0 Å². The molecule has 1 atom stereocenters. The predicted molar refractivity (Wildman–Crippen MR) is 87.7 cm³/mol. The normalized spacial score (nSPS) is 18.0. The lowest BCUT2D eigenvalue weighted by Gasteiger charge is -2.33. The van der Waals surface area contributed by atoms with Gasteiger partial charge in [0, 0.05) is 6.42 Å². The molecule has 1 unspecified atom stereocenters. The van der Waals surface area contributed by atoms with Crippen molar-refractivity contribution in [1.82, 2.24) is 15.0 Å². The van der Waals surface area contributed by atoms with E-state index in [1.807, 2.05) is 0 Å². The van der Waals surface area contributed by atoms with E-state index in [9.17, 15) is 9.50 Å². The highest BCUT2D eigenvalue weighted by Crippen LogP contribution is 2.31. The molecule has 0 amide bonds. The maximum atomic E-state index is 13.0. The molecule has 0 bridgehead atoms. The highest BCUT2D eigenvalue weighted by atomic mass is 19.1. The number of hydrogen-bond acceptors (Lipinski definition) is 5. The van der Waals surface area contributed by atoms with Crippen LogP contribution in [0.25, 0.3) is 0 Å². The van der Waals surface area contributed by atoms with Gasteiger partial charge in [-0.2, -0.15) is 4.98 Å². The molecule has 0 saturated carbocycles. The van der Waals surface area contributed by atoms with Gasteiger partial charge in [0.1, 0.15) is 5.82 Å². The second-order valence-electron chi connectivity index (χ2n) is 6.46. The molecule has 2 heterocycles. The standard InChI is InChI=1S/C18H24FN3O2/c1-2-3-17-20-16(21-24-17)12-22-10-8-14(9-11-22)18(23)13-4-6-15(19)7-5-13/h4-7,14,18,23H,2-3,8-12H2,1H3. The summed E-state index contributed by atoms with van der Waals surface area (Å²) < 4.78 is 18.2. The molecule has 1 aliphatic heterocycles. The SMILES string of the molecule is CCCc1nc(CN2CCC(C(O)c3ccc(F)cc3)CC2)no1. The van der Waals surface area contributed by atoms with E-state index in [2.05, 4.69) is 22.0 Å². The zero-order valence-electron chi connectivity index (χ0n) is 14.0. The summed E-state index contributed by atoms with van der Waals surface area (Å²) in [6.07, 6.45) is 3.08. The van der Waals surface area contributed by atoms with Crippen molar-refractivity contribution >= 4 is 0 Å². The van der Waals surface area contributed by atoms with Crippen molar-refractivity contribution in [3.05, 3.63) is 47.4 Å². The molecule has 1 aliphatic rings. The smallest absolute Gasteiger partial charge is 0.226 e. The highest BCUT2D eigenvalue weighted by molar-refractivity contribution is 5.19. The molecule has 0 spiro atoms. The summed E-state index contributed by atoms with van der Waals surface area (Å²) in [5, 5.41) is 14.5. The number of aromatic nitrogens is 2. The molecule has 1 fully saturated rings. The van der Waals surface area contributed by atoms with E-state index in [0.717, 1.165) is 50.2 Å². The summed E-state index contributed by atoms with van der Waals surface area (Å²) in [5.41, 5.74) is 0.789. The average molecular weight is 333 g/mol. The summed E-state index contributed by atoms with van der Waals surface area (Å²) in [5.74, 6) is 1.36. The Kier molecular flexibility index (Phi) is 5.58. The van der Waals surface area contributed by atoms with Crippen LogP contribution in [0.2, 0.25) is 0 Å². The van der Waals surface area contributed by atoms with E-state index < -0.39 is 6.10 Å². The molecule has 1 N–H and O–H groups in total. The van der Waals surface area contributed by atoms with Crippen LogP contribution in [-0.4, -0.2) is 33.2 Å². The van der Waals surface area contributed by atoms with Crippen LogP contribution < -0.4 is 0 Å². The number of halogens is 1. The van der Waals surface area contributed by atoms with Gasteiger partial charge in [0.2, 0.25) is 5.89 Å². The summed E-state index contributed by atoms with van der Waals surface area (Å²) >= 11 is 0. The second-order valence-corrected chi connectivity index (χ2v) is 6.46. The molecule has 0 radical (unpaired) electrons. The summed E-state index contributed by atoms with van der Waals surface area (Å²) in [7, 11) is 0. The van der Waals surface area contributed by atoms with Crippen LogP contribution in [0.4, 0.5) is 4.39 Å². The van der Waals surface area contributed by atoms with E-state index in [4.69, 9.17) is 4.52 Å². The lowest BCUT2D eigenvalue weighted by atomic mass is 9.87. The molecule has 0 aliphatic carbocycles. The number of piperidine rings is 1. The molecule has 5 nitrogen and oxygen atoms in total. The molecule has 6 heteroatoms. The van der Waals surface area contributed by atoms with Crippen LogP contribution in [0.3, 0.4) is 0 Å². The van der Waals surface area contributed by atoms with Crippen molar-refractivity contribution in [2.45, 2.75) is 45.3 Å². The molecular weight excluding hydrogens is 309 g/mol. The van der Waals surface area contributed by atoms with Crippen LogP contribution in [0.1, 0.15) is 49.6 Å². The summed E-state index contributed by atoms with van der Waals surface area (Å²) in [6, 6.07) is 6.14. The number of benzene rings is 1. The monoisotopic (exact) mass is 333 g/mol. The van der Waals surface area contributed by atoms with E-state index in [-0.39, 0.29) is 11.7 Å². The second kappa shape index (κ2) is 7.85. The van der Waals surface area contributed by atoms with E-state index in [0.29, 0.717) is 12.4 Å². The minimum atomic E-state index is -0.533. The van der Waals surface area contributed by atoms with Crippen molar-refractivity contribution in [1.29, 1.82) is 0 Å². The van der Waals surface area contributed by atoms with Gasteiger partial charge in [0.15, 0.2) is 5.82 Å². The number of aliphatic hydroxyl groups excluding tert-OH is 1. The quantitative estimate of drug-likeness (QED) is 0.880. The van der Waals surface area contributed by atoms with Gasteiger partial charge in [0.05, 0.1) is 12.6 Å². The maximum Gasteiger partial charge on any atom is 0.226 e. The number of aliphatic hydroxyl groups is 1. The fourth-order valence-corrected chi connectivity index (χ4v) is 3.23. The number of rotatable bonds is 6. The Morgan fingerprint density at radius 3 is 2.67 bits per heavy atom. The zero-order chi connectivity index (χ0) is 16.9. The molecule has 3 rings (SSSR count). The van der Waals surface area contributed by atoms with E-state index in [1.54, 1.807) is 12.1 Å². The van der Waals surface area contributed by atoms with Crippen molar-refractivity contribution in [3.63, 3.8) is 0 Å². The largest absolute Gasteiger partial charge is 0.388 e. The van der Waals surface area contributed by atoms with E-state index >= 15 is 0 Å². The minimum Gasteiger partial charge on any atom is -0.388 e. The molecule has 130 valence electrons. The third-order valence-corrected chi connectivity index (χ3v) is 4.63. The Morgan fingerprint density at radius 2 is 2.00 bits per heavy atom. The van der Waals surface area contributed by atoms with Crippen LogP contribution in [-0.2, 0) is 13.0 Å². The summed E-state index contributed by atoms with van der Waals surface area (Å²) in [6.45, 7) is 4.55. The highest BCUT2D eigenvalue weighted by Gasteiger charge is 2.27. The Morgan fingerprint density at radius 1 is 1.29 bits per heavy atom. The number of hydrogen-bond donors (Lipinski definition) is 1. The van der Waals surface area contributed by atoms with Crippen molar-refractivity contribution in [2.24, 2.45) is 5.92 Å². The van der Waals surface area contributed by atoms with Crippen LogP contribution in [0.5, 0.6) is 0 Å². The number of likely N-dealkylation sites (tertiary alicyclic amines) is 1. The molecular formula is C18H24FN3O2. The molecule has 1 aromatic heterocycles. The molecule has 1 aromatic carbocycles. The van der Waals surface area contributed by atoms with E-state index in [1.165, 1.54) is 12.1 Å². The molecule has 2 aromatic rings. The Balaban J connectivity index is 1.50. The Bertz CT molecular complexity index is 636. The Hall–Kier alpha value is -1.79. The lowest BCUT2D eigenvalue weighted by Crippen LogP contribution is -2.35. The van der Waals surface area contributed by atoms with Gasteiger partial charge in [-0.15, -0.1) is 0 Å². The van der Waals surface area contributed by atoms with Gasteiger partial charge >= 0.3 is 0 Å². The summed E-state index contributed by atoms with van der Waals surface area (Å²) in [4.78, 5) is 6.69. The van der Waals surface area contributed by atoms with Gasteiger partial charge in [0.25, 0.3) is 0 Å². The fraction of sp³-hybridized carbons (Fsp3) is 0.556. The first kappa shape index (κ1) is 17.0. The first-order valence-corrected chi connectivity index (χ1v) is 8.63. The van der Waals surface area contributed by atoms with Gasteiger partial charge < -0.3 is 9.63 Å². The van der Waals surface area contributed by atoms with Gasteiger partial charge in [-0.1, -0.05) is 24.2 Å². The van der Waals surface area contributed by atoms with Crippen LogP contribution >= 0.6 is 0 Å². The zero-order valence-corrected chi connectivity index (χ0v) is 14.0. The van der Waals surface area contributed by atoms with Gasteiger partial charge in [-0.3, -0.25) is 4.90 Å². The van der Waals surface area contributed by atoms with Crippen molar-refractivity contribution in [2.75, 3.05) is 13.1 Å². The average Bonchev–Trinajstić information content (AvgIpc) is 3.03. The fourth-order valence-electron chi connectivity index (χ4n) is 3.23. The predicted octanol–water partition coefficient (Wildman–Crippen LogP) is 3.11. The number of nitrogens with zero attached hydrogens (tertiary/aromatic N) is 3. The number of aryl methyl sites for hydroxylation is 1. The molecule has 1 saturated heterocycles. The van der Waals surface area contributed by atoms with Crippen molar-refractivity contribution < 1.29 is 14.0 Å².